The molecule has 0 bridgehead atoms. The lowest BCUT2D eigenvalue weighted by atomic mass is 10.3. The van der Waals surface area contributed by atoms with Crippen LogP contribution in [0.15, 0.2) is 24.5 Å². The monoisotopic (exact) mass is 257 g/mol. The highest BCUT2D eigenvalue weighted by Gasteiger charge is 2.16. The molecule has 98 valence electrons. The van der Waals surface area contributed by atoms with Crippen molar-refractivity contribution in [2.24, 2.45) is 0 Å². The van der Waals surface area contributed by atoms with Crippen molar-refractivity contribution in [2.45, 2.75) is 12.5 Å². The van der Waals surface area contributed by atoms with Gasteiger partial charge in [0.25, 0.3) is 0 Å². The van der Waals surface area contributed by atoms with E-state index in [0.29, 0.717) is 0 Å². The van der Waals surface area contributed by atoms with Crippen LogP contribution in [0, 0.1) is 0 Å². The maximum Gasteiger partial charge on any atom is 0.337 e. The first kappa shape index (κ1) is 15.5. The molecular formula is C10H11NO7. The standard InChI is InChI=1S/C6H5NO2.C4H6O5/c8-6(9)5-2-1-3-7-4-5;5-2(4(8)9)1-3(6)7/h1-4H,(H,8,9);2,5H,1H2,(H,6,7)(H,8,9)/t;2-/m.0/s1. The minimum atomic E-state index is -1.79. The molecule has 1 heterocycles. The molecule has 0 saturated carbocycles. The summed E-state index contributed by atoms with van der Waals surface area (Å²) in [6, 6.07) is 3.08. The molecule has 0 spiro atoms. The van der Waals surface area contributed by atoms with E-state index in [1.165, 1.54) is 18.5 Å². The van der Waals surface area contributed by atoms with Gasteiger partial charge in [-0.1, -0.05) is 0 Å². The highest BCUT2D eigenvalue weighted by atomic mass is 16.4. The summed E-state index contributed by atoms with van der Waals surface area (Å²) in [5, 5.41) is 32.5. The Kier molecular flexibility index (Phi) is 6.67. The van der Waals surface area contributed by atoms with Gasteiger partial charge in [0, 0.05) is 12.4 Å². The van der Waals surface area contributed by atoms with Gasteiger partial charge in [-0.15, -0.1) is 0 Å². The fourth-order valence-electron chi connectivity index (χ4n) is 0.742. The van der Waals surface area contributed by atoms with Crippen LogP contribution >= 0.6 is 0 Å². The maximum atomic E-state index is 10.2. The van der Waals surface area contributed by atoms with Gasteiger partial charge >= 0.3 is 17.9 Å². The third-order valence-corrected chi connectivity index (χ3v) is 1.56. The topological polar surface area (TPSA) is 145 Å². The third kappa shape index (κ3) is 6.90. The average molecular weight is 257 g/mol. The van der Waals surface area contributed by atoms with E-state index >= 15 is 0 Å². The number of nitrogens with zero attached hydrogens (tertiary/aromatic N) is 1. The molecule has 4 N–H and O–H groups in total. The Morgan fingerprint density at radius 1 is 1.22 bits per heavy atom. The van der Waals surface area contributed by atoms with Crippen LogP contribution in [0.5, 0.6) is 0 Å². The van der Waals surface area contributed by atoms with Gasteiger partial charge < -0.3 is 20.4 Å². The summed E-state index contributed by atoms with van der Waals surface area (Å²) < 4.78 is 0. The Morgan fingerprint density at radius 3 is 2.06 bits per heavy atom. The predicted molar refractivity (Wildman–Crippen MR) is 57.1 cm³/mol. The fraction of sp³-hybridized carbons (Fsp3) is 0.200. The van der Waals surface area contributed by atoms with Gasteiger partial charge in [0.2, 0.25) is 0 Å². The van der Waals surface area contributed by atoms with E-state index in [0.717, 1.165) is 0 Å². The van der Waals surface area contributed by atoms with Crippen LogP contribution in [-0.2, 0) is 9.59 Å². The van der Waals surface area contributed by atoms with Gasteiger partial charge in [-0.2, -0.15) is 0 Å². The molecule has 0 fully saturated rings. The van der Waals surface area contributed by atoms with E-state index < -0.39 is 30.4 Å². The molecule has 18 heavy (non-hydrogen) atoms. The van der Waals surface area contributed by atoms with Crippen molar-refractivity contribution in [2.75, 3.05) is 0 Å². The number of rotatable bonds is 4. The summed E-state index contributed by atoms with van der Waals surface area (Å²) in [4.78, 5) is 33.2. The molecule has 1 aromatic heterocycles. The van der Waals surface area contributed by atoms with Crippen molar-refractivity contribution in [1.82, 2.24) is 4.98 Å². The molecule has 0 radical (unpaired) electrons. The minimum absolute atomic E-state index is 0.220. The second-order valence-electron chi connectivity index (χ2n) is 3.00. The number of aliphatic carboxylic acids is 2. The Hall–Kier alpha value is -2.48. The second-order valence-corrected chi connectivity index (χ2v) is 3.00. The Balaban J connectivity index is 0.000000321. The summed E-state index contributed by atoms with van der Waals surface area (Å²) in [6.07, 6.45) is 0.298. The zero-order chi connectivity index (χ0) is 14.1. The molecule has 0 aliphatic heterocycles. The third-order valence-electron chi connectivity index (χ3n) is 1.56. The predicted octanol–water partition coefficient (Wildman–Crippen LogP) is -0.314. The second kappa shape index (κ2) is 7.74. The first-order chi connectivity index (χ1) is 8.34. The number of carboxylic acid groups (broad SMARTS) is 3. The van der Waals surface area contributed by atoms with Crippen LogP contribution in [0.4, 0.5) is 0 Å². The number of carbonyl (C=O) groups is 3. The largest absolute Gasteiger partial charge is 0.481 e. The maximum absolute atomic E-state index is 10.2. The smallest absolute Gasteiger partial charge is 0.337 e. The highest BCUT2D eigenvalue weighted by Crippen LogP contribution is 1.93. The van der Waals surface area contributed by atoms with Crippen LogP contribution in [0.1, 0.15) is 16.8 Å². The molecule has 0 amide bonds. The van der Waals surface area contributed by atoms with Gasteiger partial charge in [0.05, 0.1) is 12.0 Å². The lowest BCUT2D eigenvalue weighted by Crippen LogP contribution is -2.22. The van der Waals surface area contributed by atoms with Crippen molar-refractivity contribution < 1.29 is 34.8 Å². The van der Waals surface area contributed by atoms with E-state index in [1.54, 1.807) is 6.07 Å². The van der Waals surface area contributed by atoms with Crippen molar-refractivity contribution in [3.63, 3.8) is 0 Å². The molecular weight excluding hydrogens is 246 g/mol. The number of aromatic nitrogens is 1. The lowest BCUT2D eigenvalue weighted by molar-refractivity contribution is -0.152. The van der Waals surface area contributed by atoms with Gasteiger partial charge in [-0.3, -0.25) is 9.78 Å². The molecule has 1 aromatic rings. The van der Waals surface area contributed by atoms with Crippen LogP contribution in [0.25, 0.3) is 0 Å². The number of aliphatic hydroxyl groups excluding tert-OH is 1. The summed E-state index contributed by atoms with van der Waals surface area (Å²) in [5.41, 5.74) is 0.220. The number of aliphatic hydroxyl groups is 1. The number of carboxylic acids is 3. The zero-order valence-corrected chi connectivity index (χ0v) is 9.05. The summed E-state index contributed by atoms with van der Waals surface area (Å²) >= 11 is 0. The number of pyridine rings is 1. The van der Waals surface area contributed by atoms with E-state index in [9.17, 15) is 14.4 Å². The van der Waals surface area contributed by atoms with E-state index in [2.05, 4.69) is 4.98 Å². The first-order valence-electron chi connectivity index (χ1n) is 4.60. The van der Waals surface area contributed by atoms with Crippen LogP contribution in [0.2, 0.25) is 0 Å². The van der Waals surface area contributed by atoms with Gasteiger partial charge in [-0.05, 0) is 12.1 Å². The molecule has 0 aromatic carbocycles. The van der Waals surface area contributed by atoms with E-state index in [4.69, 9.17) is 20.4 Å². The normalized spacial score (nSPS) is 10.7. The van der Waals surface area contributed by atoms with Crippen molar-refractivity contribution in [3.05, 3.63) is 30.1 Å². The number of aromatic carboxylic acids is 1. The molecule has 0 aliphatic carbocycles. The SMILES string of the molecule is O=C(O)C[C@H](O)C(=O)O.O=C(O)c1cccnc1. The van der Waals surface area contributed by atoms with E-state index in [-0.39, 0.29) is 5.56 Å². The van der Waals surface area contributed by atoms with Crippen molar-refractivity contribution in [3.8, 4) is 0 Å². The number of hydrogen-bond donors (Lipinski definition) is 4. The molecule has 0 aliphatic rings. The van der Waals surface area contributed by atoms with Crippen LogP contribution in [0.3, 0.4) is 0 Å². The van der Waals surface area contributed by atoms with Crippen molar-refractivity contribution in [1.29, 1.82) is 0 Å². The zero-order valence-electron chi connectivity index (χ0n) is 9.05. The molecule has 1 atom stereocenters. The van der Waals surface area contributed by atoms with Crippen molar-refractivity contribution >= 4 is 17.9 Å². The number of hydrogen-bond acceptors (Lipinski definition) is 5. The van der Waals surface area contributed by atoms with Gasteiger partial charge in [0.1, 0.15) is 0 Å². The van der Waals surface area contributed by atoms with Gasteiger partial charge in [0.15, 0.2) is 6.10 Å². The summed E-state index contributed by atoms with van der Waals surface area (Å²) in [7, 11) is 0. The molecule has 1 rings (SSSR count). The fourth-order valence-corrected chi connectivity index (χ4v) is 0.742. The molecule has 8 heteroatoms. The Labute approximate surface area is 101 Å². The molecule has 0 saturated heterocycles. The summed E-state index contributed by atoms with van der Waals surface area (Å²) in [5.74, 6) is -3.79. The van der Waals surface area contributed by atoms with Crippen LogP contribution in [-0.4, -0.2) is 49.4 Å². The highest BCUT2D eigenvalue weighted by molar-refractivity contribution is 5.86. The van der Waals surface area contributed by atoms with Crippen LogP contribution < -0.4 is 0 Å². The Morgan fingerprint density at radius 2 is 1.83 bits per heavy atom. The lowest BCUT2D eigenvalue weighted by Gasteiger charge is -1.97. The van der Waals surface area contributed by atoms with E-state index in [1.807, 2.05) is 0 Å². The average Bonchev–Trinajstić information content (AvgIpc) is 2.30. The summed E-state index contributed by atoms with van der Waals surface area (Å²) in [6.45, 7) is 0. The molecule has 0 unspecified atom stereocenters. The molecule has 8 nitrogen and oxygen atoms in total. The quantitative estimate of drug-likeness (QED) is 0.574. The Bertz CT molecular complexity index is 417. The van der Waals surface area contributed by atoms with Gasteiger partial charge in [-0.25, -0.2) is 9.59 Å². The first-order valence-corrected chi connectivity index (χ1v) is 4.60. The minimum Gasteiger partial charge on any atom is -0.481 e.